The number of carbonyl (C=O) groups is 1. The number of nitrogens with zero attached hydrogens (tertiary/aromatic N) is 1. The predicted molar refractivity (Wildman–Crippen MR) is 111 cm³/mol. The van der Waals surface area contributed by atoms with Crippen LogP contribution in [0.3, 0.4) is 0 Å². The number of halogens is 2. The largest absolute Gasteiger partial charge is 0.332 e. The molecule has 0 spiro atoms. The first-order valence-corrected chi connectivity index (χ1v) is 11.3. The second kappa shape index (κ2) is 8.41. The highest BCUT2D eigenvalue weighted by molar-refractivity contribution is 7.89. The van der Waals surface area contributed by atoms with Gasteiger partial charge in [-0.05, 0) is 68.7 Å². The molecule has 0 unspecified atom stereocenters. The minimum atomic E-state index is -3.54. The lowest BCUT2D eigenvalue weighted by molar-refractivity contribution is 0.0690. The van der Waals surface area contributed by atoms with Gasteiger partial charge in [0.2, 0.25) is 10.0 Å². The van der Waals surface area contributed by atoms with Crippen molar-refractivity contribution in [3.05, 3.63) is 63.6 Å². The molecule has 1 amide bonds. The van der Waals surface area contributed by atoms with E-state index < -0.39 is 10.0 Å². The van der Waals surface area contributed by atoms with Crippen LogP contribution >= 0.6 is 23.2 Å². The van der Waals surface area contributed by atoms with E-state index in [0.29, 0.717) is 22.2 Å². The number of hydrogen-bond acceptors (Lipinski definition) is 3. The van der Waals surface area contributed by atoms with E-state index in [1.807, 2.05) is 19.9 Å². The number of nitrogens with one attached hydrogen (secondary N) is 1. The van der Waals surface area contributed by atoms with Gasteiger partial charge in [0, 0.05) is 24.2 Å². The summed E-state index contributed by atoms with van der Waals surface area (Å²) in [6.07, 6.45) is 1.74. The van der Waals surface area contributed by atoms with Gasteiger partial charge >= 0.3 is 0 Å². The predicted octanol–water partition coefficient (Wildman–Crippen LogP) is 4.48. The van der Waals surface area contributed by atoms with E-state index in [1.54, 1.807) is 29.2 Å². The number of benzene rings is 2. The van der Waals surface area contributed by atoms with E-state index in [4.69, 9.17) is 23.2 Å². The van der Waals surface area contributed by atoms with Gasteiger partial charge in [-0.25, -0.2) is 13.1 Å². The number of carbonyl (C=O) groups excluding carboxylic acids is 1. The number of amides is 1. The zero-order chi connectivity index (χ0) is 20.5. The first-order chi connectivity index (χ1) is 13.2. The Bertz CT molecular complexity index is 971. The fourth-order valence-electron chi connectivity index (χ4n) is 2.75. The maximum Gasteiger partial charge on any atom is 0.254 e. The molecule has 1 aliphatic carbocycles. The molecule has 3 rings (SSSR count). The summed E-state index contributed by atoms with van der Waals surface area (Å²) < 4.78 is 27.2. The third kappa shape index (κ3) is 5.06. The van der Waals surface area contributed by atoms with Gasteiger partial charge in [-0.15, -0.1) is 0 Å². The first kappa shape index (κ1) is 21.1. The summed E-state index contributed by atoms with van der Waals surface area (Å²) in [5.74, 6) is -0.180. The second-order valence-corrected chi connectivity index (χ2v) is 9.72. The summed E-state index contributed by atoms with van der Waals surface area (Å²) >= 11 is 12.0. The molecule has 2 aromatic rings. The van der Waals surface area contributed by atoms with Crippen molar-refractivity contribution in [3.8, 4) is 0 Å². The van der Waals surface area contributed by atoms with E-state index in [0.717, 1.165) is 18.4 Å². The summed E-state index contributed by atoms with van der Waals surface area (Å²) in [4.78, 5) is 14.9. The Kier molecular flexibility index (Phi) is 6.34. The Labute approximate surface area is 175 Å². The van der Waals surface area contributed by atoms with Crippen LogP contribution in [0.2, 0.25) is 10.0 Å². The molecule has 0 atom stereocenters. The lowest BCUT2D eigenvalue weighted by atomic mass is 10.1. The Morgan fingerprint density at radius 3 is 2.29 bits per heavy atom. The van der Waals surface area contributed by atoms with Crippen LogP contribution in [0, 0.1) is 0 Å². The SMILES string of the molecule is CC(C)N(Cc1ccc(Cl)c(Cl)c1)C(=O)c1ccc(S(=O)(=O)NC2CC2)cc1. The van der Waals surface area contributed by atoms with Gasteiger partial charge in [-0.1, -0.05) is 29.3 Å². The van der Waals surface area contributed by atoms with Crippen molar-refractivity contribution in [1.29, 1.82) is 0 Å². The standard InChI is InChI=1S/C20H22Cl2N2O3S/c1-13(2)24(12-14-3-10-18(21)19(22)11-14)20(25)15-4-8-17(9-5-15)28(26,27)23-16-6-7-16/h3-5,8-11,13,16,23H,6-7,12H2,1-2H3. The number of sulfonamides is 1. The molecule has 0 radical (unpaired) electrons. The maximum absolute atomic E-state index is 13.0. The molecule has 150 valence electrons. The molecule has 2 aromatic carbocycles. The van der Waals surface area contributed by atoms with Crippen LogP contribution in [0.15, 0.2) is 47.4 Å². The Balaban J connectivity index is 1.78. The molecule has 0 aromatic heterocycles. The third-order valence-corrected chi connectivity index (χ3v) is 6.81. The summed E-state index contributed by atoms with van der Waals surface area (Å²) in [7, 11) is -3.54. The molecular weight excluding hydrogens is 419 g/mol. The summed E-state index contributed by atoms with van der Waals surface area (Å²) in [6, 6.07) is 11.3. The summed E-state index contributed by atoms with van der Waals surface area (Å²) in [6.45, 7) is 4.22. The van der Waals surface area contributed by atoms with Gasteiger partial charge < -0.3 is 4.90 Å². The molecule has 0 aliphatic heterocycles. The smallest absolute Gasteiger partial charge is 0.254 e. The summed E-state index contributed by atoms with van der Waals surface area (Å²) in [5.41, 5.74) is 1.29. The Morgan fingerprint density at radius 1 is 1.11 bits per heavy atom. The van der Waals surface area contributed by atoms with E-state index in [-0.39, 0.29) is 22.9 Å². The van der Waals surface area contributed by atoms with Crippen molar-refractivity contribution < 1.29 is 13.2 Å². The zero-order valence-corrected chi connectivity index (χ0v) is 18.0. The van der Waals surface area contributed by atoms with Crippen molar-refractivity contribution >= 4 is 39.1 Å². The monoisotopic (exact) mass is 440 g/mol. The molecule has 1 aliphatic rings. The van der Waals surface area contributed by atoms with Crippen molar-refractivity contribution in [2.45, 2.75) is 50.2 Å². The average Bonchev–Trinajstić information content (AvgIpc) is 3.45. The van der Waals surface area contributed by atoms with E-state index in [2.05, 4.69) is 4.72 Å². The first-order valence-electron chi connectivity index (χ1n) is 9.04. The zero-order valence-electron chi connectivity index (χ0n) is 15.7. The highest BCUT2D eigenvalue weighted by Crippen LogP contribution is 2.25. The molecule has 5 nitrogen and oxygen atoms in total. The minimum absolute atomic E-state index is 0.0361. The van der Waals surface area contributed by atoms with E-state index in [9.17, 15) is 13.2 Å². The maximum atomic E-state index is 13.0. The fraction of sp³-hybridized carbons (Fsp3) is 0.350. The molecule has 0 saturated heterocycles. The van der Waals surface area contributed by atoms with Crippen LogP contribution in [-0.2, 0) is 16.6 Å². The lowest BCUT2D eigenvalue weighted by Crippen LogP contribution is -2.36. The van der Waals surface area contributed by atoms with Gasteiger partial charge in [0.1, 0.15) is 0 Å². The second-order valence-electron chi connectivity index (χ2n) is 7.20. The summed E-state index contributed by atoms with van der Waals surface area (Å²) in [5, 5.41) is 0.900. The van der Waals surface area contributed by atoms with Gasteiger partial charge in [0.15, 0.2) is 0 Å². The van der Waals surface area contributed by atoms with Crippen LogP contribution in [0.1, 0.15) is 42.6 Å². The van der Waals surface area contributed by atoms with Crippen molar-refractivity contribution in [3.63, 3.8) is 0 Å². The average molecular weight is 441 g/mol. The van der Waals surface area contributed by atoms with E-state index >= 15 is 0 Å². The van der Waals surface area contributed by atoms with Crippen LogP contribution < -0.4 is 4.72 Å². The van der Waals surface area contributed by atoms with Crippen molar-refractivity contribution in [2.24, 2.45) is 0 Å². The number of rotatable bonds is 7. The molecule has 0 bridgehead atoms. The highest BCUT2D eigenvalue weighted by atomic mass is 35.5. The van der Waals surface area contributed by atoms with Gasteiger partial charge in [-0.2, -0.15) is 0 Å². The van der Waals surface area contributed by atoms with Crippen molar-refractivity contribution in [2.75, 3.05) is 0 Å². The topological polar surface area (TPSA) is 66.5 Å². The Morgan fingerprint density at radius 2 is 1.75 bits per heavy atom. The Hall–Kier alpha value is -1.60. The fourth-order valence-corrected chi connectivity index (χ4v) is 4.38. The van der Waals surface area contributed by atoms with Crippen LogP contribution in [-0.4, -0.2) is 31.3 Å². The normalized spacial score (nSPS) is 14.3. The van der Waals surface area contributed by atoms with Crippen LogP contribution in [0.4, 0.5) is 0 Å². The third-order valence-electron chi connectivity index (χ3n) is 4.53. The molecule has 1 fully saturated rings. The molecule has 1 N–H and O–H groups in total. The minimum Gasteiger partial charge on any atom is -0.332 e. The quantitative estimate of drug-likeness (QED) is 0.689. The van der Waals surface area contributed by atoms with Crippen LogP contribution in [0.5, 0.6) is 0 Å². The number of hydrogen-bond donors (Lipinski definition) is 1. The van der Waals surface area contributed by atoms with Crippen LogP contribution in [0.25, 0.3) is 0 Å². The molecule has 0 heterocycles. The van der Waals surface area contributed by atoms with Crippen molar-refractivity contribution in [1.82, 2.24) is 9.62 Å². The lowest BCUT2D eigenvalue weighted by Gasteiger charge is -2.27. The highest BCUT2D eigenvalue weighted by Gasteiger charge is 2.28. The van der Waals surface area contributed by atoms with Gasteiger partial charge in [-0.3, -0.25) is 4.79 Å². The van der Waals surface area contributed by atoms with Gasteiger partial charge in [0.25, 0.3) is 5.91 Å². The molecule has 28 heavy (non-hydrogen) atoms. The molecule has 1 saturated carbocycles. The van der Waals surface area contributed by atoms with Gasteiger partial charge in [0.05, 0.1) is 14.9 Å². The molecule has 8 heteroatoms. The molecular formula is C20H22Cl2N2O3S. The van der Waals surface area contributed by atoms with E-state index in [1.165, 1.54) is 12.1 Å².